The number of rotatable bonds is 3. The molecular formula is C12H22NO4S+. The largest absolute Gasteiger partial charge is 0.391 e. The number of quaternary nitrogens is 1. The molecule has 0 aromatic heterocycles. The van der Waals surface area contributed by atoms with Gasteiger partial charge in [0.25, 0.3) is 10.1 Å². The van der Waals surface area contributed by atoms with Gasteiger partial charge in [0.15, 0.2) is 0 Å². The molecule has 0 aliphatic heterocycles. The Kier molecular flexibility index (Phi) is 6.48. The number of hydrogen-bond acceptors (Lipinski definition) is 3. The van der Waals surface area contributed by atoms with Gasteiger partial charge in [-0.3, -0.25) is 4.55 Å². The summed E-state index contributed by atoms with van der Waals surface area (Å²) in [5.41, 5.74) is 0.956. The zero-order valence-electron chi connectivity index (χ0n) is 11.3. The summed E-state index contributed by atoms with van der Waals surface area (Å²) < 4.78 is 30.4. The Hall–Kier alpha value is -0.950. The molecule has 0 saturated carbocycles. The van der Waals surface area contributed by atoms with Gasteiger partial charge < -0.3 is 9.59 Å². The summed E-state index contributed by atoms with van der Waals surface area (Å²) >= 11 is 0. The van der Waals surface area contributed by atoms with Crippen LogP contribution in [0.2, 0.25) is 0 Å². The Bertz CT molecular complexity index is 446. The molecule has 0 saturated heterocycles. The Labute approximate surface area is 109 Å². The van der Waals surface area contributed by atoms with Crippen LogP contribution in [0.25, 0.3) is 0 Å². The van der Waals surface area contributed by atoms with Crippen molar-refractivity contribution in [2.75, 3.05) is 34.3 Å². The smallest absolute Gasteiger partial charge is 0.294 e. The second-order valence-electron chi connectivity index (χ2n) is 5.03. The van der Waals surface area contributed by atoms with Gasteiger partial charge in [0, 0.05) is 0 Å². The van der Waals surface area contributed by atoms with Gasteiger partial charge in [-0.1, -0.05) is 17.7 Å². The van der Waals surface area contributed by atoms with Gasteiger partial charge in [-0.15, -0.1) is 0 Å². The topological polar surface area (TPSA) is 74.6 Å². The van der Waals surface area contributed by atoms with Crippen LogP contribution in [-0.4, -0.2) is 56.9 Å². The molecule has 0 heterocycles. The van der Waals surface area contributed by atoms with Crippen molar-refractivity contribution in [2.45, 2.75) is 11.8 Å². The van der Waals surface area contributed by atoms with Crippen LogP contribution in [0.1, 0.15) is 5.56 Å². The van der Waals surface area contributed by atoms with Gasteiger partial charge in [-0.25, -0.2) is 0 Å². The third-order valence-electron chi connectivity index (χ3n) is 2.09. The van der Waals surface area contributed by atoms with Crippen LogP contribution < -0.4 is 0 Å². The molecule has 0 aliphatic rings. The lowest BCUT2D eigenvalue weighted by Crippen LogP contribution is -2.36. The summed E-state index contributed by atoms with van der Waals surface area (Å²) in [5, 5.41) is 8.39. The van der Waals surface area contributed by atoms with E-state index in [-0.39, 0.29) is 11.5 Å². The van der Waals surface area contributed by atoms with Gasteiger partial charge in [-0.2, -0.15) is 8.42 Å². The summed E-state index contributed by atoms with van der Waals surface area (Å²) in [4.78, 5) is -0.0666. The molecule has 0 fully saturated rings. The van der Waals surface area contributed by atoms with Gasteiger partial charge in [0.1, 0.15) is 6.54 Å². The Morgan fingerprint density at radius 2 is 1.56 bits per heavy atom. The lowest BCUT2D eigenvalue weighted by Gasteiger charge is -2.21. The van der Waals surface area contributed by atoms with Crippen molar-refractivity contribution in [3.63, 3.8) is 0 Å². The van der Waals surface area contributed by atoms with E-state index in [4.69, 9.17) is 9.66 Å². The zero-order valence-corrected chi connectivity index (χ0v) is 12.1. The SMILES string of the molecule is C[N+](C)(C)CCO.Cc1ccc(S(=O)(=O)O)cc1. The highest BCUT2D eigenvalue weighted by atomic mass is 32.2. The minimum absolute atomic E-state index is 0.0666. The summed E-state index contributed by atoms with van der Waals surface area (Å²) in [7, 11) is 2.14. The highest BCUT2D eigenvalue weighted by molar-refractivity contribution is 7.85. The van der Waals surface area contributed by atoms with E-state index in [1.165, 1.54) is 12.1 Å². The van der Waals surface area contributed by atoms with Crippen molar-refractivity contribution in [1.82, 2.24) is 0 Å². The quantitative estimate of drug-likeness (QED) is 0.636. The number of aliphatic hydroxyl groups is 1. The first kappa shape index (κ1) is 17.1. The number of aliphatic hydroxyl groups excluding tert-OH is 1. The van der Waals surface area contributed by atoms with Crippen LogP contribution >= 0.6 is 0 Å². The maximum Gasteiger partial charge on any atom is 0.294 e. The first-order chi connectivity index (χ1) is 8.06. The van der Waals surface area contributed by atoms with E-state index in [2.05, 4.69) is 21.1 Å². The number of benzene rings is 1. The molecule has 1 aromatic carbocycles. The maximum absolute atomic E-state index is 10.5. The molecule has 2 N–H and O–H groups in total. The average molecular weight is 276 g/mol. The van der Waals surface area contributed by atoms with E-state index in [1.807, 2.05) is 6.92 Å². The molecule has 5 nitrogen and oxygen atoms in total. The van der Waals surface area contributed by atoms with Gasteiger partial charge >= 0.3 is 0 Å². The zero-order chi connectivity index (χ0) is 14.4. The van der Waals surface area contributed by atoms with Crippen LogP contribution in [-0.2, 0) is 10.1 Å². The molecule has 0 spiro atoms. The first-order valence-electron chi connectivity index (χ1n) is 5.52. The molecule has 0 unspecified atom stereocenters. The maximum atomic E-state index is 10.5. The minimum atomic E-state index is -4.02. The van der Waals surface area contributed by atoms with E-state index < -0.39 is 10.1 Å². The van der Waals surface area contributed by atoms with E-state index in [9.17, 15) is 8.42 Å². The fourth-order valence-corrected chi connectivity index (χ4v) is 1.49. The molecule has 18 heavy (non-hydrogen) atoms. The normalized spacial score (nSPS) is 11.7. The molecule has 6 heteroatoms. The van der Waals surface area contributed by atoms with Crippen molar-refractivity contribution in [3.05, 3.63) is 29.8 Å². The Morgan fingerprint density at radius 3 is 1.78 bits per heavy atom. The summed E-state index contributed by atoms with van der Waals surface area (Å²) in [6, 6.07) is 5.99. The number of nitrogens with zero attached hydrogens (tertiary/aromatic N) is 1. The molecule has 0 atom stereocenters. The van der Waals surface area contributed by atoms with Crippen molar-refractivity contribution >= 4 is 10.1 Å². The number of aryl methyl sites for hydroxylation is 1. The van der Waals surface area contributed by atoms with Crippen LogP contribution in [0.3, 0.4) is 0 Å². The summed E-state index contributed by atoms with van der Waals surface area (Å²) in [5.74, 6) is 0. The highest BCUT2D eigenvalue weighted by Crippen LogP contribution is 2.08. The molecule has 1 rings (SSSR count). The lowest BCUT2D eigenvalue weighted by molar-refractivity contribution is -0.870. The number of hydrogen-bond donors (Lipinski definition) is 2. The first-order valence-corrected chi connectivity index (χ1v) is 6.96. The lowest BCUT2D eigenvalue weighted by atomic mass is 10.2. The highest BCUT2D eigenvalue weighted by Gasteiger charge is 2.06. The Balaban J connectivity index is 0.000000360. The number of likely N-dealkylation sites (N-methyl/N-ethyl adjacent to an activating group) is 1. The molecular weight excluding hydrogens is 254 g/mol. The molecule has 0 aliphatic carbocycles. The van der Waals surface area contributed by atoms with Crippen molar-refractivity contribution in [3.8, 4) is 0 Å². The molecule has 104 valence electrons. The van der Waals surface area contributed by atoms with Crippen molar-refractivity contribution in [1.29, 1.82) is 0 Å². The van der Waals surface area contributed by atoms with Crippen LogP contribution in [0, 0.1) is 6.92 Å². The second kappa shape index (κ2) is 6.84. The van der Waals surface area contributed by atoms with E-state index >= 15 is 0 Å². The summed E-state index contributed by atoms with van der Waals surface area (Å²) in [6.07, 6.45) is 0. The third-order valence-corrected chi connectivity index (χ3v) is 2.96. The fraction of sp³-hybridized carbons (Fsp3) is 0.500. The van der Waals surface area contributed by atoms with Crippen LogP contribution in [0.4, 0.5) is 0 Å². The minimum Gasteiger partial charge on any atom is -0.391 e. The predicted molar refractivity (Wildman–Crippen MR) is 71.0 cm³/mol. The third kappa shape index (κ3) is 8.19. The molecule has 0 radical (unpaired) electrons. The van der Waals surface area contributed by atoms with Crippen LogP contribution in [0.5, 0.6) is 0 Å². The molecule has 1 aromatic rings. The standard InChI is InChI=1S/C7H8O3S.C5H14NO/c1-6-2-4-7(5-3-6)11(8,9)10;1-6(2,3)4-5-7/h2-5H,1H3,(H,8,9,10);7H,4-5H2,1-3H3/q;+1. The molecule has 0 amide bonds. The fourth-order valence-electron chi connectivity index (χ4n) is 1.01. The van der Waals surface area contributed by atoms with E-state index in [1.54, 1.807) is 12.1 Å². The van der Waals surface area contributed by atoms with Gasteiger partial charge in [0.2, 0.25) is 0 Å². The van der Waals surface area contributed by atoms with Gasteiger partial charge in [0.05, 0.1) is 32.6 Å². The van der Waals surface area contributed by atoms with Crippen LogP contribution in [0.15, 0.2) is 29.2 Å². The Morgan fingerprint density at radius 1 is 1.11 bits per heavy atom. The molecule has 0 bridgehead atoms. The second-order valence-corrected chi connectivity index (χ2v) is 6.45. The van der Waals surface area contributed by atoms with E-state index in [0.29, 0.717) is 0 Å². The van der Waals surface area contributed by atoms with E-state index in [0.717, 1.165) is 16.6 Å². The van der Waals surface area contributed by atoms with Gasteiger partial charge in [-0.05, 0) is 19.1 Å². The monoisotopic (exact) mass is 276 g/mol. The van der Waals surface area contributed by atoms with Crippen molar-refractivity contribution in [2.24, 2.45) is 0 Å². The average Bonchev–Trinajstić information content (AvgIpc) is 2.15. The van der Waals surface area contributed by atoms with Crippen molar-refractivity contribution < 1.29 is 22.6 Å². The predicted octanol–water partition coefficient (Wildman–Crippen LogP) is 0.927. The summed E-state index contributed by atoms with van der Waals surface area (Å²) in [6.45, 7) is 2.96.